The van der Waals surface area contributed by atoms with Crippen molar-refractivity contribution in [2.75, 3.05) is 58.3 Å². The van der Waals surface area contributed by atoms with Crippen LogP contribution in [0.1, 0.15) is 0 Å². The van der Waals surface area contributed by atoms with Crippen LogP contribution in [0.3, 0.4) is 0 Å². The van der Waals surface area contributed by atoms with Gasteiger partial charge in [-0.3, -0.25) is 0 Å². The average molecular weight is 345 g/mol. The van der Waals surface area contributed by atoms with E-state index in [-0.39, 0.29) is 6.03 Å². The summed E-state index contributed by atoms with van der Waals surface area (Å²) in [6, 6.07) is 5.63. The first-order chi connectivity index (χ1) is 10.5. The lowest BCUT2D eigenvalue weighted by atomic mass is 10.2. The fourth-order valence-electron chi connectivity index (χ4n) is 2.39. The average Bonchev–Trinajstić information content (AvgIpc) is 2.50. The number of amides is 2. The summed E-state index contributed by atoms with van der Waals surface area (Å²) in [6.45, 7) is 4.35. The topological polar surface area (TPSA) is 38.8 Å². The summed E-state index contributed by atoms with van der Waals surface area (Å²) in [7, 11) is 3.97. The van der Waals surface area contributed by atoms with Crippen molar-refractivity contribution in [3.8, 4) is 0 Å². The van der Waals surface area contributed by atoms with Gasteiger partial charge in [0.15, 0.2) is 0 Å². The minimum absolute atomic E-state index is 0.00121. The Morgan fingerprint density at radius 2 is 1.91 bits per heavy atom. The highest BCUT2D eigenvalue weighted by molar-refractivity contribution is 6.43. The number of hydrogen-bond acceptors (Lipinski definition) is 3. The fourth-order valence-corrected chi connectivity index (χ4v) is 2.80. The third kappa shape index (κ3) is 4.41. The van der Waals surface area contributed by atoms with E-state index in [0.717, 1.165) is 25.3 Å². The van der Waals surface area contributed by atoms with Crippen LogP contribution >= 0.6 is 23.2 Å². The van der Waals surface area contributed by atoms with Gasteiger partial charge < -0.3 is 20.0 Å². The molecule has 7 heteroatoms. The van der Waals surface area contributed by atoms with Crippen LogP contribution in [-0.2, 0) is 0 Å². The molecule has 0 aromatic heterocycles. The quantitative estimate of drug-likeness (QED) is 0.911. The van der Waals surface area contributed by atoms with Gasteiger partial charge in [0.1, 0.15) is 0 Å². The molecule has 1 fully saturated rings. The van der Waals surface area contributed by atoms with E-state index in [9.17, 15) is 4.79 Å². The first-order valence-electron chi connectivity index (χ1n) is 7.35. The monoisotopic (exact) mass is 344 g/mol. The predicted molar refractivity (Wildman–Crippen MR) is 92.2 cm³/mol. The van der Waals surface area contributed by atoms with Crippen LogP contribution < -0.4 is 10.2 Å². The van der Waals surface area contributed by atoms with Gasteiger partial charge in [0.2, 0.25) is 0 Å². The second-order valence-electron chi connectivity index (χ2n) is 5.58. The molecule has 122 valence electrons. The highest BCUT2D eigenvalue weighted by Crippen LogP contribution is 2.32. The molecule has 0 atom stereocenters. The number of carbonyl (C=O) groups excluding carboxylic acids is 1. The largest absolute Gasteiger partial charge is 0.367 e. The number of hydrogen-bond donors (Lipinski definition) is 1. The van der Waals surface area contributed by atoms with Crippen LogP contribution in [0, 0.1) is 0 Å². The number of carbonyl (C=O) groups is 1. The Kier molecular flexibility index (Phi) is 6.17. The standard InChI is InChI=1S/C15H22Cl2N4O/c1-19(2)7-6-18-15(22)21-10-8-20(9-11-21)13-5-3-4-12(16)14(13)17/h3-5H,6-11H2,1-2H3,(H,18,22). The summed E-state index contributed by atoms with van der Waals surface area (Å²) >= 11 is 12.3. The van der Waals surface area contributed by atoms with Crippen molar-refractivity contribution in [2.24, 2.45) is 0 Å². The molecule has 1 saturated heterocycles. The van der Waals surface area contributed by atoms with E-state index in [2.05, 4.69) is 10.2 Å². The van der Waals surface area contributed by atoms with Gasteiger partial charge in [-0.1, -0.05) is 29.3 Å². The molecule has 1 heterocycles. The molecule has 1 aromatic carbocycles. The number of rotatable bonds is 4. The zero-order chi connectivity index (χ0) is 16.1. The second-order valence-corrected chi connectivity index (χ2v) is 6.37. The normalized spacial score (nSPS) is 15.3. The van der Waals surface area contributed by atoms with E-state index in [1.54, 1.807) is 6.07 Å². The van der Waals surface area contributed by atoms with Crippen LogP contribution in [-0.4, -0.2) is 69.2 Å². The van der Waals surface area contributed by atoms with Gasteiger partial charge in [-0.05, 0) is 26.2 Å². The fraction of sp³-hybridized carbons (Fsp3) is 0.533. The Balaban J connectivity index is 1.85. The molecule has 1 aromatic rings. The third-order valence-electron chi connectivity index (χ3n) is 3.67. The van der Waals surface area contributed by atoms with Gasteiger partial charge in [-0.2, -0.15) is 0 Å². The number of likely N-dealkylation sites (N-methyl/N-ethyl adjacent to an activating group) is 1. The number of nitrogens with one attached hydrogen (secondary N) is 1. The molecule has 0 saturated carbocycles. The van der Waals surface area contributed by atoms with E-state index in [1.165, 1.54) is 0 Å². The number of halogens is 2. The Hall–Kier alpha value is -1.17. The molecule has 5 nitrogen and oxygen atoms in total. The number of benzene rings is 1. The Morgan fingerprint density at radius 3 is 2.55 bits per heavy atom. The summed E-state index contributed by atoms with van der Waals surface area (Å²) in [6.07, 6.45) is 0. The predicted octanol–water partition coefficient (Wildman–Crippen LogP) is 2.39. The molecule has 22 heavy (non-hydrogen) atoms. The number of nitrogens with zero attached hydrogens (tertiary/aromatic N) is 3. The molecule has 0 bridgehead atoms. The second kappa shape index (κ2) is 7.90. The van der Waals surface area contributed by atoms with E-state index in [4.69, 9.17) is 23.2 Å². The molecule has 0 aliphatic carbocycles. The summed E-state index contributed by atoms with van der Waals surface area (Å²) in [5.41, 5.74) is 0.932. The smallest absolute Gasteiger partial charge is 0.317 e. The van der Waals surface area contributed by atoms with Crippen LogP contribution in [0.4, 0.5) is 10.5 Å². The molecule has 2 rings (SSSR count). The van der Waals surface area contributed by atoms with Crippen LogP contribution in [0.25, 0.3) is 0 Å². The van der Waals surface area contributed by atoms with E-state index in [0.29, 0.717) is 29.7 Å². The Bertz CT molecular complexity index is 516. The highest BCUT2D eigenvalue weighted by Gasteiger charge is 2.22. The zero-order valence-corrected chi connectivity index (χ0v) is 14.5. The van der Waals surface area contributed by atoms with Gasteiger partial charge in [0.25, 0.3) is 0 Å². The summed E-state index contributed by atoms with van der Waals surface area (Å²) < 4.78 is 0. The van der Waals surface area contributed by atoms with Gasteiger partial charge >= 0.3 is 6.03 Å². The van der Waals surface area contributed by atoms with Crippen molar-refractivity contribution < 1.29 is 4.79 Å². The maximum Gasteiger partial charge on any atom is 0.317 e. The minimum atomic E-state index is -0.00121. The van der Waals surface area contributed by atoms with Gasteiger partial charge in [-0.25, -0.2) is 4.79 Å². The molecule has 1 aliphatic rings. The molecule has 2 amide bonds. The first-order valence-corrected chi connectivity index (χ1v) is 8.11. The summed E-state index contributed by atoms with van der Waals surface area (Å²) in [5.74, 6) is 0. The van der Waals surface area contributed by atoms with E-state index in [1.807, 2.05) is 36.0 Å². The molecular weight excluding hydrogens is 323 g/mol. The van der Waals surface area contributed by atoms with Gasteiger partial charge in [0.05, 0.1) is 15.7 Å². The van der Waals surface area contributed by atoms with Crippen LogP contribution in [0.15, 0.2) is 18.2 Å². The first kappa shape index (κ1) is 17.2. The van der Waals surface area contributed by atoms with Crippen molar-refractivity contribution in [2.45, 2.75) is 0 Å². The van der Waals surface area contributed by atoms with Crippen LogP contribution in [0.5, 0.6) is 0 Å². The van der Waals surface area contributed by atoms with Gasteiger partial charge in [-0.15, -0.1) is 0 Å². The molecule has 1 N–H and O–H groups in total. The van der Waals surface area contributed by atoms with Crippen LogP contribution in [0.2, 0.25) is 10.0 Å². The molecule has 1 aliphatic heterocycles. The lowest BCUT2D eigenvalue weighted by molar-refractivity contribution is 0.193. The summed E-state index contributed by atoms with van der Waals surface area (Å²) in [4.78, 5) is 18.1. The number of anilines is 1. The zero-order valence-electron chi connectivity index (χ0n) is 13.0. The lowest BCUT2D eigenvalue weighted by Crippen LogP contribution is -2.52. The van der Waals surface area contributed by atoms with E-state index >= 15 is 0 Å². The van der Waals surface area contributed by atoms with Crippen molar-refractivity contribution in [3.05, 3.63) is 28.2 Å². The molecule has 0 radical (unpaired) electrons. The Morgan fingerprint density at radius 1 is 1.23 bits per heavy atom. The number of piperazine rings is 1. The van der Waals surface area contributed by atoms with Crippen molar-refractivity contribution in [1.29, 1.82) is 0 Å². The van der Waals surface area contributed by atoms with Crippen molar-refractivity contribution in [3.63, 3.8) is 0 Å². The van der Waals surface area contributed by atoms with E-state index < -0.39 is 0 Å². The summed E-state index contributed by atoms with van der Waals surface area (Å²) in [5, 5.41) is 4.07. The van der Waals surface area contributed by atoms with Crippen molar-refractivity contribution in [1.82, 2.24) is 15.1 Å². The lowest BCUT2D eigenvalue weighted by Gasteiger charge is -2.36. The SMILES string of the molecule is CN(C)CCNC(=O)N1CCN(c2cccc(Cl)c2Cl)CC1. The molecular formula is C15H22Cl2N4O. The molecule has 0 spiro atoms. The minimum Gasteiger partial charge on any atom is -0.367 e. The maximum absolute atomic E-state index is 12.1. The molecule has 0 unspecified atom stereocenters. The number of urea groups is 1. The highest BCUT2D eigenvalue weighted by atomic mass is 35.5. The van der Waals surface area contributed by atoms with Crippen molar-refractivity contribution >= 4 is 34.9 Å². The Labute approximate surface area is 141 Å². The maximum atomic E-state index is 12.1. The van der Waals surface area contributed by atoms with Gasteiger partial charge in [0, 0.05) is 39.3 Å². The third-order valence-corrected chi connectivity index (χ3v) is 4.48.